The molecule has 2 aliphatic rings. The summed E-state index contributed by atoms with van der Waals surface area (Å²) in [5, 5.41) is 0. The Morgan fingerprint density at radius 2 is 1.76 bits per heavy atom. The van der Waals surface area contributed by atoms with Gasteiger partial charge in [-0.05, 0) is 55.2 Å². The predicted octanol–water partition coefficient (Wildman–Crippen LogP) is 3.91. The molecular formula is C25H30N2O2. The van der Waals surface area contributed by atoms with Crippen molar-refractivity contribution in [2.45, 2.75) is 38.6 Å². The zero-order chi connectivity index (χ0) is 20.5. The Labute approximate surface area is 173 Å². The van der Waals surface area contributed by atoms with Crippen LogP contribution in [0.3, 0.4) is 0 Å². The lowest BCUT2D eigenvalue weighted by atomic mass is 9.88. The van der Waals surface area contributed by atoms with Crippen LogP contribution in [-0.2, 0) is 11.2 Å². The molecule has 1 aliphatic carbocycles. The number of benzene rings is 2. The van der Waals surface area contributed by atoms with Crippen LogP contribution in [0, 0.1) is 18.8 Å². The Hall–Kier alpha value is -2.62. The molecule has 1 saturated heterocycles. The Kier molecular flexibility index (Phi) is 5.44. The van der Waals surface area contributed by atoms with Crippen LogP contribution in [-0.4, -0.2) is 48.3 Å². The highest BCUT2D eigenvalue weighted by atomic mass is 16.2. The first-order valence-electron chi connectivity index (χ1n) is 10.6. The minimum atomic E-state index is 0.0936. The molecule has 1 heterocycles. The van der Waals surface area contributed by atoms with Crippen LogP contribution in [0.5, 0.6) is 0 Å². The molecule has 4 rings (SSSR count). The number of fused-ring (bicyclic) bond motifs is 1. The summed E-state index contributed by atoms with van der Waals surface area (Å²) < 4.78 is 0. The molecule has 0 aromatic heterocycles. The van der Waals surface area contributed by atoms with Crippen molar-refractivity contribution in [3.8, 4) is 0 Å². The molecule has 0 bridgehead atoms. The monoisotopic (exact) mass is 390 g/mol. The Bertz CT molecular complexity index is 905. The van der Waals surface area contributed by atoms with Gasteiger partial charge in [0, 0.05) is 38.7 Å². The van der Waals surface area contributed by atoms with Gasteiger partial charge in [-0.2, -0.15) is 0 Å². The normalized spacial score (nSPS) is 23.8. The quantitative estimate of drug-likeness (QED) is 0.794. The average molecular weight is 391 g/mol. The van der Waals surface area contributed by atoms with Gasteiger partial charge in [0.1, 0.15) is 0 Å². The molecule has 2 aromatic rings. The van der Waals surface area contributed by atoms with Crippen LogP contribution in [0.15, 0.2) is 48.5 Å². The van der Waals surface area contributed by atoms with Crippen LogP contribution in [0.2, 0.25) is 0 Å². The number of rotatable bonds is 4. The molecule has 0 spiro atoms. The molecular weight excluding hydrogens is 360 g/mol. The van der Waals surface area contributed by atoms with Crippen molar-refractivity contribution >= 4 is 11.8 Å². The Balaban J connectivity index is 1.49. The van der Waals surface area contributed by atoms with E-state index < -0.39 is 0 Å². The van der Waals surface area contributed by atoms with Crippen molar-refractivity contribution in [2.75, 3.05) is 20.6 Å². The lowest BCUT2D eigenvalue weighted by molar-refractivity contribution is -0.134. The van der Waals surface area contributed by atoms with Crippen molar-refractivity contribution in [3.05, 3.63) is 70.8 Å². The van der Waals surface area contributed by atoms with E-state index in [-0.39, 0.29) is 17.9 Å². The summed E-state index contributed by atoms with van der Waals surface area (Å²) >= 11 is 0. The van der Waals surface area contributed by atoms with Gasteiger partial charge in [-0.15, -0.1) is 0 Å². The highest BCUT2D eigenvalue weighted by molar-refractivity contribution is 5.96. The van der Waals surface area contributed by atoms with E-state index in [1.807, 2.05) is 42.1 Å². The molecule has 1 aliphatic heterocycles. The lowest BCUT2D eigenvalue weighted by Crippen LogP contribution is -2.40. The van der Waals surface area contributed by atoms with Gasteiger partial charge in [0.2, 0.25) is 5.91 Å². The van der Waals surface area contributed by atoms with E-state index in [9.17, 15) is 9.59 Å². The lowest BCUT2D eigenvalue weighted by Gasteiger charge is -2.31. The zero-order valence-corrected chi connectivity index (χ0v) is 17.6. The number of hydrogen-bond donors (Lipinski definition) is 0. The van der Waals surface area contributed by atoms with Gasteiger partial charge in [-0.25, -0.2) is 0 Å². The Morgan fingerprint density at radius 3 is 2.52 bits per heavy atom. The third-order valence-corrected chi connectivity index (χ3v) is 6.82. The molecule has 3 atom stereocenters. The molecule has 4 heteroatoms. The molecule has 0 unspecified atom stereocenters. The summed E-state index contributed by atoms with van der Waals surface area (Å²) in [7, 11) is 3.82. The van der Waals surface area contributed by atoms with Gasteiger partial charge in [-0.1, -0.05) is 48.0 Å². The van der Waals surface area contributed by atoms with Gasteiger partial charge in [0.05, 0.1) is 0 Å². The third-order valence-electron chi connectivity index (χ3n) is 6.82. The van der Waals surface area contributed by atoms with Crippen molar-refractivity contribution in [3.63, 3.8) is 0 Å². The van der Waals surface area contributed by atoms with Crippen molar-refractivity contribution in [2.24, 2.45) is 11.8 Å². The first-order chi connectivity index (χ1) is 13.9. The standard InChI is InChI=1S/C25H30N2O2/c1-17-8-10-18(11-9-17)12-19-6-4-5-7-23(19)25(29)27(3)22-13-20-15-24(28)26(2)16-21(20)14-22/h4-11,20-22H,12-16H2,1-3H3/t20-,21+,22-/m0/s1. The number of hydrogen-bond acceptors (Lipinski definition) is 2. The van der Waals surface area contributed by atoms with Gasteiger partial charge in [0.25, 0.3) is 5.91 Å². The zero-order valence-electron chi connectivity index (χ0n) is 17.6. The van der Waals surface area contributed by atoms with E-state index in [1.54, 1.807) is 0 Å². The maximum atomic E-state index is 13.4. The van der Waals surface area contributed by atoms with Gasteiger partial charge in [-0.3, -0.25) is 9.59 Å². The maximum Gasteiger partial charge on any atom is 0.254 e. The fraction of sp³-hybridized carbons (Fsp3) is 0.440. The number of amides is 2. The first-order valence-corrected chi connectivity index (χ1v) is 10.6. The predicted molar refractivity (Wildman–Crippen MR) is 115 cm³/mol. The van der Waals surface area contributed by atoms with Gasteiger partial charge >= 0.3 is 0 Å². The fourth-order valence-electron chi connectivity index (χ4n) is 4.97. The molecule has 2 amide bonds. The number of piperidine rings is 1. The smallest absolute Gasteiger partial charge is 0.254 e. The fourth-order valence-corrected chi connectivity index (χ4v) is 4.97. The summed E-state index contributed by atoms with van der Waals surface area (Å²) in [4.78, 5) is 29.2. The van der Waals surface area contributed by atoms with E-state index in [4.69, 9.17) is 0 Å². The van der Waals surface area contributed by atoms with E-state index in [1.165, 1.54) is 11.1 Å². The van der Waals surface area contributed by atoms with Crippen molar-refractivity contribution in [1.82, 2.24) is 9.80 Å². The number of aryl methyl sites for hydroxylation is 1. The van der Waals surface area contributed by atoms with E-state index in [0.29, 0.717) is 18.3 Å². The summed E-state index contributed by atoms with van der Waals surface area (Å²) in [5.41, 5.74) is 4.31. The Morgan fingerprint density at radius 1 is 1.07 bits per heavy atom. The summed E-state index contributed by atoms with van der Waals surface area (Å²) in [5.74, 6) is 1.27. The second-order valence-corrected chi connectivity index (χ2v) is 8.86. The summed E-state index contributed by atoms with van der Waals surface area (Å²) in [6.07, 6.45) is 3.31. The SMILES string of the molecule is Cc1ccc(Cc2ccccc2C(=O)N(C)[C@H]2C[C@H]3CC(=O)N(C)C[C@H]3C2)cc1. The molecule has 0 N–H and O–H groups in total. The number of carbonyl (C=O) groups is 2. The molecule has 2 fully saturated rings. The van der Waals surface area contributed by atoms with Crippen LogP contribution in [0.4, 0.5) is 0 Å². The third kappa shape index (κ3) is 4.07. The van der Waals surface area contributed by atoms with Crippen LogP contribution < -0.4 is 0 Å². The molecule has 1 saturated carbocycles. The van der Waals surface area contributed by atoms with Crippen LogP contribution in [0.25, 0.3) is 0 Å². The minimum Gasteiger partial charge on any atom is -0.345 e. The molecule has 152 valence electrons. The van der Waals surface area contributed by atoms with Gasteiger partial charge < -0.3 is 9.80 Å². The van der Waals surface area contributed by atoms with Crippen LogP contribution in [0.1, 0.15) is 46.3 Å². The second-order valence-electron chi connectivity index (χ2n) is 8.86. The number of likely N-dealkylation sites (tertiary alicyclic amines) is 1. The molecule has 29 heavy (non-hydrogen) atoms. The minimum absolute atomic E-state index is 0.0936. The highest BCUT2D eigenvalue weighted by Gasteiger charge is 2.42. The first kappa shape index (κ1) is 19.7. The van der Waals surface area contributed by atoms with Crippen LogP contribution >= 0.6 is 0 Å². The van der Waals surface area contributed by atoms with E-state index >= 15 is 0 Å². The van der Waals surface area contributed by atoms with E-state index in [2.05, 4.69) is 37.3 Å². The number of carbonyl (C=O) groups excluding carboxylic acids is 2. The summed E-state index contributed by atoms with van der Waals surface area (Å²) in [6, 6.07) is 16.7. The van der Waals surface area contributed by atoms with E-state index in [0.717, 1.165) is 36.9 Å². The maximum absolute atomic E-state index is 13.4. The van der Waals surface area contributed by atoms with Crippen molar-refractivity contribution in [1.29, 1.82) is 0 Å². The van der Waals surface area contributed by atoms with Gasteiger partial charge in [0.15, 0.2) is 0 Å². The topological polar surface area (TPSA) is 40.6 Å². The average Bonchev–Trinajstić information content (AvgIpc) is 3.12. The summed E-state index contributed by atoms with van der Waals surface area (Å²) in [6.45, 7) is 2.91. The second kappa shape index (κ2) is 8.02. The molecule has 2 aromatic carbocycles. The largest absolute Gasteiger partial charge is 0.345 e. The highest BCUT2D eigenvalue weighted by Crippen LogP contribution is 2.40. The molecule has 0 radical (unpaired) electrons. The van der Waals surface area contributed by atoms with Crippen molar-refractivity contribution < 1.29 is 9.59 Å². The molecule has 4 nitrogen and oxygen atoms in total. The number of nitrogens with zero attached hydrogens (tertiary/aromatic N) is 2.